The third-order valence-corrected chi connectivity index (χ3v) is 6.63. The number of hydrogen-bond acceptors (Lipinski definition) is 4. The van der Waals surface area contributed by atoms with Gasteiger partial charge in [0, 0.05) is 25.0 Å². The van der Waals surface area contributed by atoms with Crippen molar-refractivity contribution in [3.05, 3.63) is 41.6 Å². The van der Waals surface area contributed by atoms with Gasteiger partial charge in [-0.05, 0) is 37.0 Å². The van der Waals surface area contributed by atoms with Gasteiger partial charge >= 0.3 is 0 Å². The summed E-state index contributed by atoms with van der Waals surface area (Å²) in [5.41, 5.74) is 0.652. The summed E-state index contributed by atoms with van der Waals surface area (Å²) in [6, 6.07) is 3.94. The van der Waals surface area contributed by atoms with Crippen LogP contribution >= 0.6 is 0 Å². The Morgan fingerprint density at radius 3 is 2.74 bits per heavy atom. The van der Waals surface area contributed by atoms with E-state index in [-0.39, 0.29) is 30.4 Å². The Labute approximate surface area is 136 Å². The fraction of sp³-hybridized carbons (Fsp3) is 0.429. The number of nitrogens with zero attached hydrogens (tertiary/aromatic N) is 1. The van der Waals surface area contributed by atoms with Crippen molar-refractivity contribution in [3.8, 4) is 0 Å². The van der Waals surface area contributed by atoms with Crippen molar-refractivity contribution in [1.29, 1.82) is 0 Å². The van der Waals surface area contributed by atoms with Gasteiger partial charge in [-0.1, -0.05) is 12.6 Å². The topological polar surface area (TPSA) is 83.6 Å². The van der Waals surface area contributed by atoms with Gasteiger partial charge in [-0.2, -0.15) is 4.31 Å². The first-order valence-corrected chi connectivity index (χ1v) is 10.0. The van der Waals surface area contributed by atoms with Gasteiger partial charge in [0.05, 0.1) is 0 Å². The van der Waals surface area contributed by atoms with Gasteiger partial charge in [-0.25, -0.2) is 25.9 Å². The summed E-state index contributed by atoms with van der Waals surface area (Å²) < 4.78 is 65.1. The molecule has 0 saturated carbocycles. The van der Waals surface area contributed by atoms with Gasteiger partial charge in [0.2, 0.25) is 20.0 Å². The average molecular weight is 362 g/mol. The predicted octanol–water partition coefficient (Wildman–Crippen LogP) is 1.21. The molecular formula is C14H19FN2O4S2. The summed E-state index contributed by atoms with van der Waals surface area (Å²) >= 11 is 0. The highest BCUT2D eigenvalue weighted by molar-refractivity contribution is 7.92. The molecule has 1 N–H and O–H groups in total. The number of benzene rings is 1. The van der Waals surface area contributed by atoms with Crippen molar-refractivity contribution in [2.75, 3.05) is 19.6 Å². The second-order valence-corrected chi connectivity index (χ2v) is 9.13. The predicted molar refractivity (Wildman–Crippen MR) is 85.1 cm³/mol. The Morgan fingerprint density at radius 2 is 2.09 bits per heavy atom. The van der Waals surface area contributed by atoms with E-state index in [4.69, 9.17) is 0 Å². The van der Waals surface area contributed by atoms with E-state index in [0.717, 1.165) is 11.5 Å². The Kier molecular flexibility index (Phi) is 5.24. The molecule has 1 aromatic rings. The van der Waals surface area contributed by atoms with Crippen LogP contribution in [0.5, 0.6) is 0 Å². The molecule has 0 unspecified atom stereocenters. The Hall–Kier alpha value is -1.29. The minimum atomic E-state index is -3.92. The van der Waals surface area contributed by atoms with Crippen LogP contribution in [0.25, 0.3) is 0 Å². The Morgan fingerprint density at radius 1 is 1.39 bits per heavy atom. The quantitative estimate of drug-likeness (QED) is 0.824. The third-order valence-electron chi connectivity index (χ3n) is 3.75. The van der Waals surface area contributed by atoms with Gasteiger partial charge < -0.3 is 0 Å². The van der Waals surface area contributed by atoms with Crippen LogP contribution in [0.15, 0.2) is 35.1 Å². The summed E-state index contributed by atoms with van der Waals surface area (Å²) in [6.45, 7) is 5.38. The molecule has 9 heteroatoms. The highest BCUT2D eigenvalue weighted by Crippen LogP contribution is 2.26. The molecule has 0 bridgehead atoms. The summed E-state index contributed by atoms with van der Waals surface area (Å²) in [5, 5.41) is 0.804. The lowest BCUT2D eigenvalue weighted by molar-refractivity contribution is 0.449. The van der Waals surface area contributed by atoms with E-state index in [9.17, 15) is 21.2 Å². The van der Waals surface area contributed by atoms with Crippen molar-refractivity contribution in [2.45, 2.75) is 18.2 Å². The molecule has 6 nitrogen and oxygen atoms in total. The molecule has 23 heavy (non-hydrogen) atoms. The SMILES string of the molecule is C=CS(=O)(=O)NC[C@H]1CCN(S(=O)(=O)c2cc(C)ccc2F)C1. The molecular weight excluding hydrogens is 343 g/mol. The fourth-order valence-corrected chi connectivity index (χ4v) is 4.69. The number of nitrogens with one attached hydrogen (secondary N) is 1. The van der Waals surface area contributed by atoms with Gasteiger partial charge in [0.25, 0.3) is 0 Å². The maximum Gasteiger partial charge on any atom is 0.246 e. The van der Waals surface area contributed by atoms with Crippen molar-refractivity contribution in [1.82, 2.24) is 9.03 Å². The van der Waals surface area contributed by atoms with E-state index in [2.05, 4.69) is 11.3 Å². The number of sulfonamides is 2. The first-order valence-electron chi connectivity index (χ1n) is 7.04. The van der Waals surface area contributed by atoms with Crippen molar-refractivity contribution in [3.63, 3.8) is 0 Å². The van der Waals surface area contributed by atoms with Crippen LogP contribution in [-0.4, -0.2) is 40.8 Å². The fourth-order valence-electron chi connectivity index (χ4n) is 2.42. The molecule has 0 aromatic heterocycles. The van der Waals surface area contributed by atoms with Crippen LogP contribution in [0.3, 0.4) is 0 Å². The molecule has 128 valence electrons. The first-order chi connectivity index (χ1) is 10.7. The molecule has 1 fully saturated rings. The lowest BCUT2D eigenvalue weighted by Gasteiger charge is -2.17. The normalized spacial score (nSPS) is 19.8. The maximum absolute atomic E-state index is 13.9. The summed E-state index contributed by atoms with van der Waals surface area (Å²) in [5.74, 6) is -0.946. The van der Waals surface area contributed by atoms with Gasteiger partial charge in [-0.3, -0.25) is 0 Å². The van der Waals surface area contributed by atoms with E-state index < -0.39 is 25.9 Å². The van der Waals surface area contributed by atoms with Crippen molar-refractivity contribution in [2.24, 2.45) is 5.92 Å². The molecule has 1 aromatic carbocycles. The molecule has 1 atom stereocenters. The van der Waals surface area contributed by atoms with E-state index >= 15 is 0 Å². The molecule has 0 spiro atoms. The van der Waals surface area contributed by atoms with Gasteiger partial charge in [0.1, 0.15) is 10.7 Å². The zero-order chi connectivity index (χ0) is 17.3. The second-order valence-electron chi connectivity index (χ2n) is 5.51. The lowest BCUT2D eigenvalue weighted by atomic mass is 10.1. The van der Waals surface area contributed by atoms with Crippen molar-refractivity contribution < 1.29 is 21.2 Å². The van der Waals surface area contributed by atoms with E-state index in [1.807, 2.05) is 0 Å². The van der Waals surface area contributed by atoms with E-state index in [1.165, 1.54) is 16.4 Å². The zero-order valence-electron chi connectivity index (χ0n) is 12.7. The third kappa shape index (κ3) is 4.17. The monoisotopic (exact) mass is 362 g/mol. The van der Waals surface area contributed by atoms with Crippen LogP contribution in [0.2, 0.25) is 0 Å². The lowest BCUT2D eigenvalue weighted by Crippen LogP contribution is -2.32. The minimum absolute atomic E-state index is 0.122. The average Bonchev–Trinajstić information content (AvgIpc) is 2.97. The standard InChI is InChI=1S/C14H19FN2O4S2/c1-3-22(18,19)16-9-12-6-7-17(10-12)23(20,21)14-8-11(2)4-5-13(14)15/h3-5,8,12,16H,1,6-7,9-10H2,2H3/t12-/m1/s1. The summed E-state index contributed by atoms with van der Waals surface area (Å²) in [7, 11) is -7.46. The van der Waals surface area contributed by atoms with Crippen molar-refractivity contribution >= 4 is 20.0 Å². The number of aryl methyl sites for hydroxylation is 1. The van der Waals surface area contributed by atoms with Crippen LogP contribution in [0.1, 0.15) is 12.0 Å². The maximum atomic E-state index is 13.9. The molecule has 1 aliphatic rings. The molecule has 0 radical (unpaired) electrons. The largest absolute Gasteiger partial charge is 0.246 e. The van der Waals surface area contributed by atoms with E-state index in [0.29, 0.717) is 12.0 Å². The summed E-state index contributed by atoms with van der Waals surface area (Å²) in [6.07, 6.45) is 0.506. The van der Waals surface area contributed by atoms with Crippen LogP contribution in [0, 0.1) is 18.7 Å². The first kappa shape index (κ1) is 18.1. The number of rotatable bonds is 6. The zero-order valence-corrected chi connectivity index (χ0v) is 14.3. The molecule has 1 saturated heterocycles. The molecule has 0 aliphatic carbocycles. The Bertz CT molecular complexity index is 806. The number of halogens is 1. The van der Waals surface area contributed by atoms with Crippen LogP contribution in [0.4, 0.5) is 4.39 Å². The Balaban J connectivity index is 2.11. The molecule has 0 amide bonds. The van der Waals surface area contributed by atoms with Gasteiger partial charge in [-0.15, -0.1) is 0 Å². The number of hydrogen-bond donors (Lipinski definition) is 1. The smallest absolute Gasteiger partial charge is 0.211 e. The molecule has 1 aliphatic heterocycles. The van der Waals surface area contributed by atoms with Crippen LogP contribution < -0.4 is 4.72 Å². The van der Waals surface area contributed by atoms with Gasteiger partial charge in [0.15, 0.2) is 0 Å². The molecule has 2 rings (SSSR count). The second kappa shape index (κ2) is 6.68. The van der Waals surface area contributed by atoms with Crippen LogP contribution in [-0.2, 0) is 20.0 Å². The molecule has 1 heterocycles. The minimum Gasteiger partial charge on any atom is -0.211 e. The summed E-state index contributed by atoms with van der Waals surface area (Å²) in [4.78, 5) is -0.343. The highest BCUT2D eigenvalue weighted by atomic mass is 32.2. The van der Waals surface area contributed by atoms with E-state index in [1.54, 1.807) is 6.92 Å². The highest BCUT2D eigenvalue weighted by Gasteiger charge is 2.34.